The third kappa shape index (κ3) is 4.29. The zero-order valence-corrected chi connectivity index (χ0v) is 8.24. The second-order valence-electron chi connectivity index (χ2n) is 3.33. The van der Waals surface area contributed by atoms with Gasteiger partial charge in [-0.15, -0.1) is 0 Å². The highest BCUT2D eigenvalue weighted by Crippen LogP contribution is 2.28. The molecule has 1 aromatic heterocycles. The average molecular weight is 233 g/mol. The topological polar surface area (TPSA) is 50.2 Å². The second-order valence-corrected chi connectivity index (χ2v) is 3.33. The minimum absolute atomic E-state index is 0.0185. The highest BCUT2D eigenvalue weighted by atomic mass is 19.4. The molecule has 1 aliphatic rings. The van der Waals surface area contributed by atoms with Crippen LogP contribution in [0.5, 0.6) is 0 Å². The van der Waals surface area contributed by atoms with Crippen LogP contribution in [0.3, 0.4) is 0 Å². The summed E-state index contributed by atoms with van der Waals surface area (Å²) in [5, 5.41) is 8.05. The van der Waals surface area contributed by atoms with Crippen molar-refractivity contribution in [1.82, 2.24) is 4.98 Å². The summed E-state index contributed by atoms with van der Waals surface area (Å²) in [4.78, 5) is 12.9. The van der Waals surface area contributed by atoms with E-state index in [9.17, 15) is 18.0 Å². The lowest BCUT2D eigenvalue weighted by Crippen LogP contribution is -2.06. The van der Waals surface area contributed by atoms with Gasteiger partial charge in [0.25, 0.3) is 0 Å². The Kier molecular flexibility index (Phi) is 3.87. The molecule has 0 aromatic carbocycles. The number of carboxylic acid groups (broad SMARTS) is 1. The quantitative estimate of drug-likeness (QED) is 0.811. The standard InChI is InChI=1S/C6H4F3N.C4H6O2/c7-6(8,9)5-3-1-2-4-10-5;5-4(6)3-1-2-3/h1-4H;3H,1-2H2,(H,5,6). The SMILES string of the molecule is FC(F)(F)c1ccccn1.O=C(O)C1CC1. The Morgan fingerprint density at radius 2 is 2.00 bits per heavy atom. The Balaban J connectivity index is 0.000000181. The van der Waals surface area contributed by atoms with Crippen LogP contribution in [0.15, 0.2) is 24.4 Å². The molecule has 0 aliphatic heterocycles. The number of hydrogen-bond donors (Lipinski definition) is 1. The molecule has 1 heterocycles. The lowest BCUT2D eigenvalue weighted by molar-refractivity contribution is -0.141. The molecule has 3 nitrogen and oxygen atoms in total. The molecule has 16 heavy (non-hydrogen) atoms. The molecule has 0 radical (unpaired) electrons. The van der Waals surface area contributed by atoms with E-state index in [2.05, 4.69) is 4.98 Å². The van der Waals surface area contributed by atoms with E-state index < -0.39 is 17.8 Å². The maximum Gasteiger partial charge on any atom is 0.433 e. The van der Waals surface area contributed by atoms with Crippen LogP contribution in [-0.4, -0.2) is 16.1 Å². The van der Waals surface area contributed by atoms with Crippen LogP contribution in [0.4, 0.5) is 13.2 Å². The third-order valence-electron chi connectivity index (χ3n) is 1.88. The minimum atomic E-state index is -4.32. The van der Waals surface area contributed by atoms with Crippen molar-refractivity contribution in [3.05, 3.63) is 30.1 Å². The summed E-state index contributed by atoms with van der Waals surface area (Å²) in [6.45, 7) is 0. The van der Waals surface area contributed by atoms with E-state index in [4.69, 9.17) is 5.11 Å². The highest BCUT2D eigenvalue weighted by Gasteiger charge is 2.31. The Morgan fingerprint density at radius 3 is 2.19 bits per heavy atom. The molecule has 1 N–H and O–H groups in total. The lowest BCUT2D eigenvalue weighted by atomic mass is 10.3. The van der Waals surface area contributed by atoms with Crippen LogP contribution < -0.4 is 0 Å². The number of carbonyl (C=O) groups is 1. The van der Waals surface area contributed by atoms with Crippen molar-refractivity contribution in [2.45, 2.75) is 19.0 Å². The molecule has 0 atom stereocenters. The van der Waals surface area contributed by atoms with Gasteiger partial charge in [-0.3, -0.25) is 9.78 Å². The molecule has 88 valence electrons. The first-order chi connectivity index (χ1) is 7.41. The van der Waals surface area contributed by atoms with Crippen molar-refractivity contribution < 1.29 is 23.1 Å². The molecule has 1 fully saturated rings. The molecule has 1 aromatic rings. The summed E-state index contributed by atoms with van der Waals surface area (Å²) in [6.07, 6.45) is -1.41. The number of hydrogen-bond acceptors (Lipinski definition) is 2. The van der Waals surface area contributed by atoms with Crippen LogP contribution in [0, 0.1) is 5.92 Å². The van der Waals surface area contributed by atoms with Crippen LogP contribution in [0.25, 0.3) is 0 Å². The molecule has 2 rings (SSSR count). The molecular weight excluding hydrogens is 223 g/mol. The van der Waals surface area contributed by atoms with Gasteiger partial charge in [-0.1, -0.05) is 6.07 Å². The fourth-order valence-electron chi connectivity index (χ4n) is 0.861. The van der Waals surface area contributed by atoms with E-state index in [1.165, 1.54) is 12.1 Å². The smallest absolute Gasteiger partial charge is 0.433 e. The zero-order valence-electron chi connectivity index (χ0n) is 8.24. The number of aromatic nitrogens is 1. The van der Waals surface area contributed by atoms with E-state index in [1.54, 1.807) is 0 Å². The first-order valence-corrected chi connectivity index (χ1v) is 4.62. The normalized spacial score (nSPS) is 14.9. The highest BCUT2D eigenvalue weighted by molar-refractivity contribution is 5.72. The van der Waals surface area contributed by atoms with Gasteiger partial charge in [0, 0.05) is 6.20 Å². The van der Waals surface area contributed by atoms with Crippen molar-refractivity contribution >= 4 is 5.97 Å². The second kappa shape index (κ2) is 4.96. The van der Waals surface area contributed by atoms with Crippen LogP contribution in [0.2, 0.25) is 0 Å². The Labute approximate surface area is 89.9 Å². The van der Waals surface area contributed by atoms with Gasteiger partial charge in [-0.05, 0) is 25.0 Å². The van der Waals surface area contributed by atoms with Crippen molar-refractivity contribution in [3.8, 4) is 0 Å². The summed E-state index contributed by atoms with van der Waals surface area (Å²) in [5.41, 5.74) is -0.852. The van der Waals surface area contributed by atoms with Crippen LogP contribution in [-0.2, 0) is 11.0 Å². The van der Waals surface area contributed by atoms with Crippen molar-refractivity contribution in [3.63, 3.8) is 0 Å². The summed E-state index contributed by atoms with van der Waals surface area (Å²) < 4.78 is 35.2. The Morgan fingerprint density at radius 1 is 1.38 bits per heavy atom. The molecule has 0 saturated heterocycles. The first-order valence-electron chi connectivity index (χ1n) is 4.62. The number of pyridine rings is 1. The van der Waals surface area contributed by atoms with Crippen LogP contribution >= 0.6 is 0 Å². The van der Waals surface area contributed by atoms with Crippen molar-refractivity contribution in [1.29, 1.82) is 0 Å². The number of rotatable bonds is 1. The van der Waals surface area contributed by atoms with Gasteiger partial charge in [0.2, 0.25) is 0 Å². The Bertz CT molecular complexity index is 347. The number of carboxylic acids is 1. The summed E-state index contributed by atoms with van der Waals surface area (Å²) in [7, 11) is 0. The maximum absolute atomic E-state index is 11.7. The molecule has 0 unspecified atom stereocenters. The van der Waals surface area contributed by atoms with Crippen molar-refractivity contribution in [2.24, 2.45) is 5.92 Å². The van der Waals surface area contributed by atoms with Gasteiger partial charge in [-0.25, -0.2) is 0 Å². The third-order valence-corrected chi connectivity index (χ3v) is 1.88. The van der Waals surface area contributed by atoms with Gasteiger partial charge < -0.3 is 5.11 Å². The fourth-order valence-corrected chi connectivity index (χ4v) is 0.861. The molecule has 6 heteroatoms. The lowest BCUT2D eigenvalue weighted by Gasteiger charge is -2.02. The Hall–Kier alpha value is -1.59. The van der Waals surface area contributed by atoms with Crippen molar-refractivity contribution in [2.75, 3.05) is 0 Å². The summed E-state index contributed by atoms with van der Waals surface area (Å²) >= 11 is 0. The van der Waals surface area contributed by atoms with E-state index >= 15 is 0 Å². The monoisotopic (exact) mass is 233 g/mol. The van der Waals surface area contributed by atoms with Gasteiger partial charge in [0.05, 0.1) is 5.92 Å². The van der Waals surface area contributed by atoms with E-state index in [0.29, 0.717) is 0 Å². The summed E-state index contributed by atoms with van der Waals surface area (Å²) in [5.74, 6) is -0.611. The maximum atomic E-state index is 11.7. The molecule has 0 amide bonds. The van der Waals surface area contributed by atoms with Crippen LogP contribution in [0.1, 0.15) is 18.5 Å². The van der Waals surface area contributed by atoms with E-state index in [0.717, 1.165) is 25.1 Å². The zero-order chi connectivity index (χ0) is 12.2. The van der Waals surface area contributed by atoms with E-state index in [1.807, 2.05) is 0 Å². The van der Waals surface area contributed by atoms with E-state index in [-0.39, 0.29) is 5.92 Å². The first kappa shape index (κ1) is 12.5. The summed E-state index contributed by atoms with van der Waals surface area (Å²) in [6, 6.07) is 3.67. The molecule has 0 bridgehead atoms. The predicted molar refractivity (Wildman–Crippen MR) is 49.6 cm³/mol. The number of nitrogens with zero attached hydrogens (tertiary/aromatic N) is 1. The average Bonchev–Trinajstić information content (AvgIpc) is 3.02. The van der Waals surface area contributed by atoms with Gasteiger partial charge in [0.1, 0.15) is 5.69 Å². The largest absolute Gasteiger partial charge is 0.481 e. The molecule has 1 aliphatic carbocycles. The predicted octanol–water partition coefficient (Wildman–Crippen LogP) is 2.58. The number of alkyl halides is 3. The fraction of sp³-hybridized carbons (Fsp3) is 0.400. The van der Waals surface area contributed by atoms with Gasteiger partial charge in [0.15, 0.2) is 0 Å². The molecule has 0 spiro atoms. The molecular formula is C10H10F3NO2. The number of halogens is 3. The van der Waals surface area contributed by atoms with Gasteiger partial charge in [-0.2, -0.15) is 13.2 Å². The molecule has 1 saturated carbocycles. The van der Waals surface area contributed by atoms with Gasteiger partial charge >= 0.3 is 12.1 Å². The number of aliphatic carboxylic acids is 1. The minimum Gasteiger partial charge on any atom is -0.481 e.